The lowest BCUT2D eigenvalue weighted by Crippen LogP contribution is -2.24. The number of unbranched alkanes of at least 4 members (excludes halogenated alkanes) is 1. The SMILES string of the molecule is CCCCC(Cl)[SiH2]c1ccc(N(C)C)cc1. The quantitative estimate of drug-likeness (QED) is 0.557. The van der Waals surface area contributed by atoms with Crippen LogP contribution >= 0.6 is 11.6 Å². The van der Waals surface area contributed by atoms with Crippen molar-refractivity contribution in [3.8, 4) is 0 Å². The van der Waals surface area contributed by atoms with Crippen LogP contribution in [0.4, 0.5) is 5.69 Å². The number of halogens is 1. The number of anilines is 1. The summed E-state index contributed by atoms with van der Waals surface area (Å²) in [4.78, 5) is 2.13. The van der Waals surface area contributed by atoms with Gasteiger partial charge in [0.1, 0.15) is 0 Å². The van der Waals surface area contributed by atoms with Crippen LogP contribution in [0.1, 0.15) is 26.2 Å². The molecule has 0 fully saturated rings. The van der Waals surface area contributed by atoms with Gasteiger partial charge in [0.2, 0.25) is 0 Å². The van der Waals surface area contributed by atoms with Gasteiger partial charge in [-0.05, 0) is 18.6 Å². The van der Waals surface area contributed by atoms with Crippen LogP contribution in [0.2, 0.25) is 0 Å². The fourth-order valence-corrected chi connectivity index (χ4v) is 3.91. The fourth-order valence-electron chi connectivity index (χ4n) is 1.71. The van der Waals surface area contributed by atoms with E-state index in [4.69, 9.17) is 11.6 Å². The lowest BCUT2D eigenvalue weighted by atomic mass is 10.3. The molecule has 1 unspecified atom stereocenters. The average molecular weight is 256 g/mol. The van der Waals surface area contributed by atoms with Crippen molar-refractivity contribution < 1.29 is 0 Å². The summed E-state index contributed by atoms with van der Waals surface area (Å²) >= 11 is 6.35. The number of benzene rings is 1. The van der Waals surface area contributed by atoms with Crippen LogP contribution in [0, 0.1) is 0 Å². The zero-order valence-corrected chi connectivity index (χ0v) is 12.7. The highest BCUT2D eigenvalue weighted by Crippen LogP contribution is 2.09. The number of rotatable bonds is 6. The molecular formula is C13H22ClNSi. The first-order valence-corrected chi connectivity index (χ1v) is 7.99. The summed E-state index contributed by atoms with van der Waals surface area (Å²) in [5.41, 5.74) is 1.26. The maximum atomic E-state index is 6.35. The summed E-state index contributed by atoms with van der Waals surface area (Å²) in [6.07, 6.45) is 3.69. The monoisotopic (exact) mass is 255 g/mol. The molecule has 1 aromatic carbocycles. The van der Waals surface area contributed by atoms with Crippen molar-refractivity contribution in [1.82, 2.24) is 0 Å². The molecule has 0 N–H and O–H groups in total. The van der Waals surface area contributed by atoms with E-state index >= 15 is 0 Å². The molecule has 0 bridgehead atoms. The summed E-state index contributed by atoms with van der Waals surface area (Å²) in [6.45, 7) is 2.22. The van der Waals surface area contributed by atoms with E-state index in [-0.39, 0.29) is 9.52 Å². The summed E-state index contributed by atoms with van der Waals surface area (Å²) in [6, 6.07) is 8.85. The fraction of sp³-hybridized carbons (Fsp3) is 0.538. The van der Waals surface area contributed by atoms with Crippen LogP contribution in [0.25, 0.3) is 0 Å². The normalized spacial score (nSPS) is 13.2. The molecule has 0 saturated carbocycles. The predicted molar refractivity (Wildman–Crippen MR) is 78.1 cm³/mol. The molecule has 0 heterocycles. The van der Waals surface area contributed by atoms with Gasteiger partial charge in [-0.3, -0.25) is 0 Å². The first kappa shape index (κ1) is 13.6. The minimum atomic E-state index is -0.301. The van der Waals surface area contributed by atoms with Gasteiger partial charge in [0, 0.05) is 24.8 Å². The highest BCUT2D eigenvalue weighted by atomic mass is 35.5. The maximum Gasteiger partial charge on any atom is 0.0753 e. The molecule has 0 aliphatic heterocycles. The largest absolute Gasteiger partial charge is 0.378 e. The summed E-state index contributed by atoms with van der Waals surface area (Å²) in [5, 5.41) is 1.90. The molecule has 90 valence electrons. The van der Waals surface area contributed by atoms with E-state index in [1.165, 1.54) is 30.1 Å². The summed E-state index contributed by atoms with van der Waals surface area (Å²) < 4.78 is 0. The number of alkyl halides is 1. The molecule has 1 rings (SSSR count). The van der Waals surface area contributed by atoms with Gasteiger partial charge >= 0.3 is 0 Å². The Balaban J connectivity index is 2.48. The lowest BCUT2D eigenvalue weighted by molar-refractivity contribution is 0.754. The van der Waals surface area contributed by atoms with Gasteiger partial charge in [0.25, 0.3) is 0 Å². The first-order chi connectivity index (χ1) is 7.63. The Labute approximate surface area is 107 Å². The average Bonchev–Trinajstić information content (AvgIpc) is 2.27. The highest BCUT2D eigenvalue weighted by molar-refractivity contribution is 6.64. The Morgan fingerprint density at radius 2 is 1.88 bits per heavy atom. The topological polar surface area (TPSA) is 3.24 Å². The molecule has 1 aromatic rings. The minimum absolute atomic E-state index is 0.301. The third-order valence-corrected chi connectivity index (χ3v) is 5.26. The van der Waals surface area contributed by atoms with Gasteiger partial charge in [-0.1, -0.05) is 37.1 Å². The number of hydrogen-bond donors (Lipinski definition) is 0. The van der Waals surface area contributed by atoms with Crippen LogP contribution in [0.5, 0.6) is 0 Å². The van der Waals surface area contributed by atoms with Crippen LogP contribution in [-0.2, 0) is 0 Å². The third kappa shape index (κ3) is 4.58. The van der Waals surface area contributed by atoms with Crippen LogP contribution in [0.3, 0.4) is 0 Å². The highest BCUT2D eigenvalue weighted by Gasteiger charge is 2.06. The molecule has 0 amide bonds. The summed E-state index contributed by atoms with van der Waals surface area (Å²) in [7, 11) is 3.83. The molecule has 0 saturated heterocycles. The second-order valence-corrected chi connectivity index (χ2v) is 7.85. The molecule has 0 spiro atoms. The molecule has 1 nitrogen and oxygen atoms in total. The van der Waals surface area contributed by atoms with Crippen molar-refractivity contribution in [3.05, 3.63) is 24.3 Å². The second kappa shape index (κ2) is 6.97. The van der Waals surface area contributed by atoms with Crippen molar-refractivity contribution in [2.24, 2.45) is 0 Å². The number of hydrogen-bond acceptors (Lipinski definition) is 1. The van der Waals surface area contributed by atoms with Crippen molar-refractivity contribution in [2.45, 2.75) is 31.2 Å². The molecule has 3 heteroatoms. The Bertz CT molecular complexity index is 297. The van der Waals surface area contributed by atoms with Gasteiger partial charge in [0.15, 0.2) is 0 Å². The predicted octanol–water partition coefficient (Wildman–Crippen LogP) is 2.30. The molecule has 16 heavy (non-hydrogen) atoms. The van der Waals surface area contributed by atoms with Crippen LogP contribution in [0.15, 0.2) is 24.3 Å². The zero-order chi connectivity index (χ0) is 12.0. The Hall–Kier alpha value is -0.473. The van der Waals surface area contributed by atoms with Gasteiger partial charge in [-0.2, -0.15) is 0 Å². The minimum Gasteiger partial charge on any atom is -0.378 e. The van der Waals surface area contributed by atoms with E-state index in [1.807, 2.05) is 0 Å². The standard InChI is InChI=1S/C13H22ClNSi/c1-4-5-6-13(14)16-12-9-7-11(8-10-12)15(2)3/h7-10,13H,4-6,16H2,1-3H3. The molecule has 0 radical (unpaired) electrons. The Kier molecular flexibility index (Phi) is 5.92. The molecule has 0 aliphatic rings. The van der Waals surface area contributed by atoms with Gasteiger partial charge < -0.3 is 4.90 Å². The zero-order valence-electron chi connectivity index (χ0n) is 10.5. The molecule has 0 aliphatic carbocycles. The second-order valence-electron chi connectivity index (χ2n) is 4.50. The van der Waals surface area contributed by atoms with E-state index in [9.17, 15) is 0 Å². The smallest absolute Gasteiger partial charge is 0.0753 e. The molecular weight excluding hydrogens is 234 g/mol. The van der Waals surface area contributed by atoms with Crippen molar-refractivity contribution in [2.75, 3.05) is 19.0 Å². The van der Waals surface area contributed by atoms with Gasteiger partial charge in [-0.25, -0.2) is 0 Å². The van der Waals surface area contributed by atoms with Crippen molar-refractivity contribution >= 4 is 32.0 Å². The number of nitrogens with zero attached hydrogens (tertiary/aromatic N) is 1. The Morgan fingerprint density at radius 3 is 2.38 bits per heavy atom. The Morgan fingerprint density at radius 1 is 1.25 bits per heavy atom. The van der Waals surface area contributed by atoms with E-state index in [2.05, 4.69) is 50.2 Å². The van der Waals surface area contributed by atoms with Crippen LogP contribution < -0.4 is 10.1 Å². The third-order valence-electron chi connectivity index (χ3n) is 2.78. The van der Waals surface area contributed by atoms with Crippen molar-refractivity contribution in [1.29, 1.82) is 0 Å². The first-order valence-electron chi connectivity index (χ1n) is 6.03. The van der Waals surface area contributed by atoms with Crippen LogP contribution in [-0.4, -0.2) is 28.6 Å². The maximum absolute atomic E-state index is 6.35. The van der Waals surface area contributed by atoms with E-state index in [0.717, 1.165) is 0 Å². The van der Waals surface area contributed by atoms with E-state index in [0.29, 0.717) is 5.00 Å². The van der Waals surface area contributed by atoms with Crippen molar-refractivity contribution in [3.63, 3.8) is 0 Å². The van der Waals surface area contributed by atoms with Gasteiger partial charge in [-0.15, -0.1) is 11.6 Å². The van der Waals surface area contributed by atoms with E-state index < -0.39 is 0 Å². The lowest BCUT2D eigenvalue weighted by Gasteiger charge is -2.13. The molecule has 1 atom stereocenters. The summed E-state index contributed by atoms with van der Waals surface area (Å²) in [5.74, 6) is 0. The van der Waals surface area contributed by atoms with Gasteiger partial charge in [0.05, 0.1) is 9.52 Å². The molecule has 0 aromatic heterocycles. The van der Waals surface area contributed by atoms with E-state index in [1.54, 1.807) is 0 Å².